The van der Waals surface area contributed by atoms with Crippen LogP contribution in [-0.2, 0) is 5.41 Å². The maximum absolute atomic E-state index is 13.5. The monoisotopic (exact) mass is 386 g/mol. The second kappa shape index (κ2) is 10.8. The van der Waals surface area contributed by atoms with Crippen LogP contribution in [0, 0.1) is 11.2 Å². The summed E-state index contributed by atoms with van der Waals surface area (Å²) < 4.78 is 13.5. The highest BCUT2D eigenvalue weighted by Gasteiger charge is 2.34. The highest BCUT2D eigenvalue weighted by Crippen LogP contribution is 2.47. The lowest BCUT2D eigenvalue weighted by atomic mass is 9.65. The molecule has 0 aromatic heterocycles. The first-order valence-corrected chi connectivity index (χ1v) is 12.4. The van der Waals surface area contributed by atoms with Gasteiger partial charge in [-0.3, -0.25) is 0 Å². The molecule has 0 aliphatic heterocycles. The average Bonchev–Trinajstić information content (AvgIpc) is 2.73. The fraction of sp³-hybridized carbons (Fsp3) is 0.778. The summed E-state index contributed by atoms with van der Waals surface area (Å²) in [5.41, 5.74) is 2.40. The summed E-state index contributed by atoms with van der Waals surface area (Å²) >= 11 is 0. The molecule has 0 nitrogen and oxygen atoms in total. The third-order valence-corrected chi connectivity index (χ3v) is 8.10. The summed E-state index contributed by atoms with van der Waals surface area (Å²) in [5, 5.41) is 0. The molecule has 2 fully saturated rings. The Kier molecular flexibility index (Phi) is 8.42. The molecule has 2 saturated carbocycles. The first-order chi connectivity index (χ1) is 13.7. The summed E-state index contributed by atoms with van der Waals surface area (Å²) in [7, 11) is 0. The Bertz CT molecular complexity index is 546. The van der Waals surface area contributed by atoms with E-state index in [1.807, 2.05) is 0 Å². The van der Waals surface area contributed by atoms with Gasteiger partial charge in [0.2, 0.25) is 0 Å². The number of hydrogen-bond acceptors (Lipinski definition) is 0. The van der Waals surface area contributed by atoms with E-state index in [9.17, 15) is 4.39 Å². The molecule has 0 spiro atoms. The summed E-state index contributed by atoms with van der Waals surface area (Å²) in [6, 6.07) is 7.51. The van der Waals surface area contributed by atoms with Crippen molar-refractivity contribution < 1.29 is 4.39 Å². The van der Waals surface area contributed by atoms with Crippen molar-refractivity contribution in [2.45, 2.75) is 128 Å². The van der Waals surface area contributed by atoms with Crippen LogP contribution in [0.3, 0.4) is 0 Å². The Morgan fingerprint density at radius 3 is 1.82 bits per heavy atom. The van der Waals surface area contributed by atoms with Crippen LogP contribution in [-0.4, -0.2) is 0 Å². The maximum Gasteiger partial charge on any atom is 0.123 e. The predicted molar refractivity (Wildman–Crippen MR) is 119 cm³/mol. The van der Waals surface area contributed by atoms with Gasteiger partial charge >= 0.3 is 0 Å². The lowest BCUT2D eigenvalue weighted by Crippen LogP contribution is -2.29. The minimum absolute atomic E-state index is 0.0963. The van der Waals surface area contributed by atoms with E-state index in [2.05, 4.69) is 19.1 Å². The summed E-state index contributed by atoms with van der Waals surface area (Å²) in [5.74, 6) is -0.0963. The van der Waals surface area contributed by atoms with Gasteiger partial charge in [0.15, 0.2) is 0 Å². The Morgan fingerprint density at radius 1 is 0.679 bits per heavy atom. The van der Waals surface area contributed by atoms with Gasteiger partial charge in [0.1, 0.15) is 5.82 Å². The van der Waals surface area contributed by atoms with E-state index in [4.69, 9.17) is 0 Å². The van der Waals surface area contributed by atoms with Gasteiger partial charge in [-0.2, -0.15) is 0 Å². The molecule has 0 N–H and O–H groups in total. The Balaban J connectivity index is 1.56. The summed E-state index contributed by atoms with van der Waals surface area (Å²) in [6.07, 6.45) is 25.2. The molecule has 2 aliphatic rings. The molecule has 158 valence electrons. The van der Waals surface area contributed by atoms with E-state index in [-0.39, 0.29) is 5.82 Å². The number of halogens is 1. The van der Waals surface area contributed by atoms with Crippen molar-refractivity contribution in [1.29, 1.82) is 0 Å². The number of rotatable bonds is 10. The van der Waals surface area contributed by atoms with Crippen LogP contribution in [0.5, 0.6) is 0 Å². The van der Waals surface area contributed by atoms with Gasteiger partial charge in [0.05, 0.1) is 0 Å². The number of unbranched alkanes of at least 4 members (excludes halogenated alkanes) is 3. The first-order valence-electron chi connectivity index (χ1n) is 12.4. The SMILES string of the molecule is CCCCCC1(CCCCC2(c3ccc(F)cc3)CCCCC2)CCCCC1. The van der Waals surface area contributed by atoms with Gasteiger partial charge in [-0.05, 0) is 73.5 Å². The van der Waals surface area contributed by atoms with E-state index in [0.717, 1.165) is 0 Å². The van der Waals surface area contributed by atoms with Gasteiger partial charge in [-0.15, -0.1) is 0 Å². The molecule has 0 radical (unpaired) electrons. The normalized spacial score (nSPS) is 21.5. The maximum atomic E-state index is 13.5. The third-order valence-electron chi connectivity index (χ3n) is 8.10. The molecule has 0 bridgehead atoms. The molecular weight excluding hydrogens is 343 g/mol. The van der Waals surface area contributed by atoms with Crippen LogP contribution in [0.1, 0.15) is 128 Å². The highest BCUT2D eigenvalue weighted by atomic mass is 19.1. The largest absolute Gasteiger partial charge is 0.207 e. The molecule has 28 heavy (non-hydrogen) atoms. The standard InChI is InChI=1S/C27H43F/c1-2-3-6-17-26(18-7-4-8-19-26)20-11-12-23-27(21-9-5-10-22-27)24-13-15-25(28)16-14-24/h13-16H,2-12,17-23H2,1H3. The molecule has 3 rings (SSSR count). The van der Waals surface area contributed by atoms with Gasteiger partial charge in [-0.25, -0.2) is 4.39 Å². The van der Waals surface area contributed by atoms with Gasteiger partial charge in [0.25, 0.3) is 0 Å². The second-order valence-corrected chi connectivity index (χ2v) is 10.1. The minimum Gasteiger partial charge on any atom is -0.207 e. The molecule has 1 aromatic rings. The number of hydrogen-bond donors (Lipinski definition) is 0. The van der Waals surface area contributed by atoms with Crippen molar-refractivity contribution in [3.05, 3.63) is 35.6 Å². The zero-order chi connectivity index (χ0) is 19.7. The summed E-state index contributed by atoms with van der Waals surface area (Å²) in [6.45, 7) is 2.33. The van der Waals surface area contributed by atoms with Crippen molar-refractivity contribution in [2.24, 2.45) is 5.41 Å². The van der Waals surface area contributed by atoms with E-state index in [0.29, 0.717) is 10.8 Å². The molecule has 0 unspecified atom stereocenters. The van der Waals surface area contributed by atoms with Crippen molar-refractivity contribution in [3.63, 3.8) is 0 Å². The fourth-order valence-corrected chi connectivity index (χ4v) is 6.36. The molecule has 1 heteroatoms. The van der Waals surface area contributed by atoms with Crippen LogP contribution in [0.25, 0.3) is 0 Å². The van der Waals surface area contributed by atoms with Gasteiger partial charge in [-0.1, -0.05) is 89.7 Å². The summed E-state index contributed by atoms with van der Waals surface area (Å²) in [4.78, 5) is 0. The molecule has 0 heterocycles. The van der Waals surface area contributed by atoms with Gasteiger partial charge < -0.3 is 0 Å². The topological polar surface area (TPSA) is 0 Å². The molecule has 0 amide bonds. The van der Waals surface area contributed by atoms with Gasteiger partial charge in [0, 0.05) is 0 Å². The zero-order valence-electron chi connectivity index (χ0n) is 18.4. The van der Waals surface area contributed by atoms with Crippen LogP contribution in [0.15, 0.2) is 24.3 Å². The lowest BCUT2D eigenvalue weighted by molar-refractivity contribution is 0.144. The van der Waals surface area contributed by atoms with E-state index in [1.54, 1.807) is 12.1 Å². The lowest BCUT2D eigenvalue weighted by Gasteiger charge is -2.40. The molecule has 0 atom stereocenters. The Morgan fingerprint density at radius 2 is 1.21 bits per heavy atom. The Hall–Kier alpha value is -0.850. The van der Waals surface area contributed by atoms with Crippen LogP contribution in [0.2, 0.25) is 0 Å². The van der Waals surface area contributed by atoms with E-state index in [1.165, 1.54) is 121 Å². The Labute approximate surface area is 173 Å². The molecular formula is C27H43F. The second-order valence-electron chi connectivity index (χ2n) is 10.1. The highest BCUT2D eigenvalue weighted by molar-refractivity contribution is 5.26. The predicted octanol–water partition coefficient (Wildman–Crippen LogP) is 9.12. The van der Waals surface area contributed by atoms with Crippen LogP contribution >= 0.6 is 0 Å². The minimum atomic E-state index is -0.0963. The van der Waals surface area contributed by atoms with E-state index < -0.39 is 0 Å². The molecule has 1 aromatic carbocycles. The van der Waals surface area contributed by atoms with E-state index >= 15 is 0 Å². The quantitative estimate of drug-likeness (QED) is 0.352. The van der Waals surface area contributed by atoms with Crippen molar-refractivity contribution in [2.75, 3.05) is 0 Å². The third kappa shape index (κ3) is 5.83. The van der Waals surface area contributed by atoms with Crippen molar-refractivity contribution in [3.8, 4) is 0 Å². The van der Waals surface area contributed by atoms with Crippen molar-refractivity contribution in [1.82, 2.24) is 0 Å². The fourth-order valence-electron chi connectivity index (χ4n) is 6.36. The molecule has 2 aliphatic carbocycles. The zero-order valence-corrected chi connectivity index (χ0v) is 18.4. The first kappa shape index (κ1) is 21.8. The van der Waals surface area contributed by atoms with Crippen LogP contribution in [0.4, 0.5) is 4.39 Å². The molecule has 0 saturated heterocycles. The smallest absolute Gasteiger partial charge is 0.123 e. The average molecular weight is 387 g/mol. The number of benzene rings is 1. The van der Waals surface area contributed by atoms with Crippen molar-refractivity contribution >= 4 is 0 Å². The van der Waals surface area contributed by atoms with Crippen LogP contribution < -0.4 is 0 Å².